The molecule has 0 aliphatic rings. The standard InChI is InChI=1S/C13H24N4/c1-5-7-17(11(3)4)10-12-8-16-13(9-15-12)14-6-2/h8-9,11H,5-7,10H2,1-4H3,(H,14,16). The molecular weight excluding hydrogens is 212 g/mol. The second kappa shape index (κ2) is 7.22. The minimum atomic E-state index is 0.546. The lowest BCUT2D eigenvalue weighted by Crippen LogP contribution is -2.31. The molecule has 0 amide bonds. The molecule has 0 aliphatic heterocycles. The molecule has 0 aliphatic carbocycles. The van der Waals surface area contributed by atoms with Crippen LogP contribution >= 0.6 is 0 Å². The summed E-state index contributed by atoms with van der Waals surface area (Å²) in [6.07, 6.45) is 4.84. The van der Waals surface area contributed by atoms with Crippen molar-refractivity contribution in [3.05, 3.63) is 18.1 Å². The van der Waals surface area contributed by atoms with Crippen LogP contribution in [0.1, 0.15) is 39.8 Å². The van der Waals surface area contributed by atoms with Gasteiger partial charge in [-0.05, 0) is 33.7 Å². The second-order valence-corrected chi connectivity index (χ2v) is 4.49. The Bertz CT molecular complexity index is 308. The third kappa shape index (κ3) is 4.69. The number of hydrogen-bond donors (Lipinski definition) is 1. The van der Waals surface area contributed by atoms with Gasteiger partial charge in [0.1, 0.15) is 5.82 Å². The Hall–Kier alpha value is -1.16. The van der Waals surface area contributed by atoms with Crippen LogP contribution < -0.4 is 5.32 Å². The van der Waals surface area contributed by atoms with Gasteiger partial charge >= 0.3 is 0 Å². The summed E-state index contributed by atoms with van der Waals surface area (Å²) in [5, 5.41) is 3.15. The Morgan fingerprint density at radius 3 is 2.47 bits per heavy atom. The molecule has 4 nitrogen and oxygen atoms in total. The van der Waals surface area contributed by atoms with Crippen molar-refractivity contribution in [3.8, 4) is 0 Å². The first-order valence-electron chi connectivity index (χ1n) is 6.46. The minimum absolute atomic E-state index is 0.546. The summed E-state index contributed by atoms with van der Waals surface area (Å²) in [5.74, 6) is 0.850. The average Bonchev–Trinajstić information content (AvgIpc) is 2.31. The average molecular weight is 236 g/mol. The van der Waals surface area contributed by atoms with Crippen molar-refractivity contribution in [2.24, 2.45) is 0 Å². The molecule has 1 aromatic heterocycles. The van der Waals surface area contributed by atoms with Gasteiger partial charge in [0.2, 0.25) is 0 Å². The van der Waals surface area contributed by atoms with Gasteiger partial charge in [0, 0.05) is 19.1 Å². The quantitative estimate of drug-likeness (QED) is 0.790. The van der Waals surface area contributed by atoms with Crippen LogP contribution in [0.15, 0.2) is 12.4 Å². The lowest BCUT2D eigenvalue weighted by atomic mass is 10.2. The smallest absolute Gasteiger partial charge is 0.144 e. The Morgan fingerprint density at radius 2 is 2.00 bits per heavy atom. The van der Waals surface area contributed by atoms with Gasteiger partial charge in [-0.2, -0.15) is 0 Å². The first-order valence-corrected chi connectivity index (χ1v) is 6.46. The zero-order chi connectivity index (χ0) is 12.7. The molecule has 1 aromatic rings. The topological polar surface area (TPSA) is 41.1 Å². The molecule has 0 atom stereocenters. The second-order valence-electron chi connectivity index (χ2n) is 4.49. The summed E-state index contributed by atoms with van der Waals surface area (Å²) in [6, 6.07) is 0.546. The van der Waals surface area contributed by atoms with Crippen LogP contribution in [0, 0.1) is 0 Å². The first kappa shape index (κ1) is 13.9. The highest BCUT2D eigenvalue weighted by Gasteiger charge is 2.09. The van der Waals surface area contributed by atoms with Gasteiger partial charge < -0.3 is 5.32 Å². The molecule has 0 spiro atoms. The van der Waals surface area contributed by atoms with Crippen molar-refractivity contribution in [3.63, 3.8) is 0 Å². The maximum atomic E-state index is 4.44. The van der Waals surface area contributed by atoms with E-state index in [-0.39, 0.29) is 0 Å². The summed E-state index contributed by atoms with van der Waals surface area (Å²) < 4.78 is 0. The van der Waals surface area contributed by atoms with Gasteiger partial charge in [-0.15, -0.1) is 0 Å². The molecular formula is C13H24N4. The van der Waals surface area contributed by atoms with Crippen molar-refractivity contribution >= 4 is 5.82 Å². The predicted octanol–water partition coefficient (Wildman–Crippen LogP) is 2.53. The van der Waals surface area contributed by atoms with Crippen molar-refractivity contribution in [1.29, 1.82) is 0 Å². The summed E-state index contributed by atoms with van der Waals surface area (Å²) in [4.78, 5) is 11.2. The molecule has 0 saturated carbocycles. The fourth-order valence-electron chi connectivity index (χ4n) is 1.72. The highest BCUT2D eigenvalue weighted by Crippen LogP contribution is 2.07. The molecule has 1 rings (SSSR count). The SMILES string of the molecule is CCCN(Cc1cnc(NCC)cn1)C(C)C. The third-order valence-electron chi connectivity index (χ3n) is 2.67. The molecule has 1 N–H and O–H groups in total. The van der Waals surface area contributed by atoms with Crippen molar-refractivity contribution in [1.82, 2.24) is 14.9 Å². The largest absolute Gasteiger partial charge is 0.369 e. The van der Waals surface area contributed by atoms with Gasteiger partial charge in [0.25, 0.3) is 0 Å². The molecule has 1 heterocycles. The number of rotatable bonds is 7. The summed E-state index contributed by atoms with van der Waals surface area (Å²) in [5.41, 5.74) is 1.04. The number of aromatic nitrogens is 2. The van der Waals surface area contributed by atoms with E-state index in [0.29, 0.717) is 6.04 Å². The van der Waals surface area contributed by atoms with Crippen LogP contribution in [0.4, 0.5) is 5.82 Å². The fraction of sp³-hybridized carbons (Fsp3) is 0.692. The molecule has 4 heteroatoms. The zero-order valence-corrected chi connectivity index (χ0v) is 11.4. The van der Waals surface area contributed by atoms with Gasteiger partial charge in [-0.1, -0.05) is 6.92 Å². The fourth-order valence-corrected chi connectivity index (χ4v) is 1.72. The maximum absolute atomic E-state index is 4.44. The summed E-state index contributed by atoms with van der Waals surface area (Å²) >= 11 is 0. The van der Waals surface area contributed by atoms with E-state index in [2.05, 4.69) is 47.9 Å². The molecule has 0 radical (unpaired) electrons. The first-order chi connectivity index (χ1) is 8.17. The van der Waals surface area contributed by atoms with E-state index in [1.165, 1.54) is 6.42 Å². The Balaban J connectivity index is 2.60. The molecule has 0 fully saturated rings. The number of nitrogens with zero attached hydrogens (tertiary/aromatic N) is 3. The van der Waals surface area contributed by atoms with E-state index < -0.39 is 0 Å². The van der Waals surface area contributed by atoms with Crippen LogP contribution in [-0.2, 0) is 6.54 Å². The number of anilines is 1. The molecule has 96 valence electrons. The maximum Gasteiger partial charge on any atom is 0.144 e. The van der Waals surface area contributed by atoms with Crippen molar-refractivity contribution in [2.75, 3.05) is 18.4 Å². The Kier molecular flexibility index (Phi) is 5.91. The van der Waals surface area contributed by atoms with E-state index in [4.69, 9.17) is 0 Å². The summed E-state index contributed by atoms with van der Waals surface area (Å²) in [7, 11) is 0. The van der Waals surface area contributed by atoms with Crippen LogP contribution in [-0.4, -0.2) is 34.0 Å². The molecule has 0 saturated heterocycles. The highest BCUT2D eigenvalue weighted by atomic mass is 15.2. The van der Waals surface area contributed by atoms with Gasteiger partial charge in [0.05, 0.1) is 18.1 Å². The lowest BCUT2D eigenvalue weighted by molar-refractivity contribution is 0.210. The predicted molar refractivity (Wildman–Crippen MR) is 72.0 cm³/mol. The van der Waals surface area contributed by atoms with E-state index in [9.17, 15) is 0 Å². The third-order valence-corrected chi connectivity index (χ3v) is 2.67. The molecule has 0 aromatic carbocycles. The van der Waals surface area contributed by atoms with Crippen molar-refractivity contribution in [2.45, 2.75) is 46.7 Å². The zero-order valence-electron chi connectivity index (χ0n) is 11.4. The lowest BCUT2D eigenvalue weighted by Gasteiger charge is -2.25. The molecule has 17 heavy (non-hydrogen) atoms. The van der Waals surface area contributed by atoms with Crippen LogP contribution in [0.25, 0.3) is 0 Å². The normalized spacial score (nSPS) is 11.2. The van der Waals surface area contributed by atoms with E-state index in [0.717, 1.165) is 31.1 Å². The monoisotopic (exact) mass is 236 g/mol. The molecule has 0 unspecified atom stereocenters. The van der Waals surface area contributed by atoms with Crippen molar-refractivity contribution < 1.29 is 0 Å². The highest BCUT2D eigenvalue weighted by molar-refractivity contribution is 5.30. The van der Waals surface area contributed by atoms with Gasteiger partial charge in [0.15, 0.2) is 0 Å². The Labute approximate surface area is 104 Å². The number of hydrogen-bond acceptors (Lipinski definition) is 4. The van der Waals surface area contributed by atoms with Gasteiger partial charge in [-0.3, -0.25) is 9.88 Å². The number of nitrogens with one attached hydrogen (secondary N) is 1. The van der Waals surface area contributed by atoms with Crippen LogP contribution in [0.5, 0.6) is 0 Å². The molecule has 0 bridgehead atoms. The van der Waals surface area contributed by atoms with E-state index in [1.54, 1.807) is 0 Å². The van der Waals surface area contributed by atoms with E-state index >= 15 is 0 Å². The van der Waals surface area contributed by atoms with E-state index in [1.807, 2.05) is 12.4 Å². The van der Waals surface area contributed by atoms with Crippen LogP contribution in [0.3, 0.4) is 0 Å². The van der Waals surface area contributed by atoms with Gasteiger partial charge in [-0.25, -0.2) is 4.98 Å². The van der Waals surface area contributed by atoms with Crippen LogP contribution in [0.2, 0.25) is 0 Å². The summed E-state index contributed by atoms with van der Waals surface area (Å²) in [6.45, 7) is 11.6. The minimum Gasteiger partial charge on any atom is -0.369 e. The Morgan fingerprint density at radius 1 is 1.24 bits per heavy atom.